The fraction of sp³-hybridized carbons (Fsp3) is 0.619. The van der Waals surface area contributed by atoms with E-state index in [1.165, 1.54) is 0 Å². The summed E-state index contributed by atoms with van der Waals surface area (Å²) in [6.45, 7) is 17.4. The van der Waals surface area contributed by atoms with Crippen LogP contribution in [0.2, 0.25) is 18.1 Å². The van der Waals surface area contributed by atoms with Crippen LogP contribution in [0.25, 0.3) is 0 Å². The number of nitriles is 1. The Balaban J connectivity index is 2.62. The number of fused-ring (bicyclic) bond motifs is 1. The molecule has 1 heterocycles. The normalized spacial score (nSPS) is 22.6. The first-order valence-corrected chi connectivity index (χ1v) is 13.4. The lowest BCUT2D eigenvalue weighted by Crippen LogP contribution is -2.56. The zero-order valence-electron chi connectivity index (χ0n) is 18.0. The summed E-state index contributed by atoms with van der Waals surface area (Å²) in [6, 6.07) is 7.61. The number of benzene rings is 1. The molecule has 0 bridgehead atoms. The lowest BCUT2D eigenvalue weighted by Gasteiger charge is -2.48. The average molecular weight is 405 g/mol. The third-order valence-electron chi connectivity index (χ3n) is 5.65. The summed E-state index contributed by atoms with van der Waals surface area (Å²) >= 11 is 1.63. The highest BCUT2D eigenvalue weighted by atomic mass is 32.2. The predicted molar refractivity (Wildman–Crippen MR) is 117 cm³/mol. The number of hydrogen-bond donors (Lipinski definition) is 0. The van der Waals surface area contributed by atoms with Gasteiger partial charge in [-0.15, -0.1) is 11.8 Å². The second kappa shape index (κ2) is 7.61. The van der Waals surface area contributed by atoms with E-state index in [4.69, 9.17) is 14.2 Å². The number of ether oxygens (including phenoxy) is 1. The van der Waals surface area contributed by atoms with Crippen LogP contribution >= 0.6 is 11.8 Å². The van der Waals surface area contributed by atoms with Crippen molar-refractivity contribution < 1.29 is 9.16 Å². The van der Waals surface area contributed by atoms with Gasteiger partial charge in [-0.05, 0) is 63.4 Å². The van der Waals surface area contributed by atoms with Gasteiger partial charge >= 0.3 is 0 Å². The summed E-state index contributed by atoms with van der Waals surface area (Å²) in [7, 11) is -2.05. The zero-order valence-corrected chi connectivity index (χ0v) is 19.8. The molecule has 0 aliphatic carbocycles. The van der Waals surface area contributed by atoms with E-state index < -0.39 is 13.9 Å². The molecule has 1 aromatic rings. The van der Waals surface area contributed by atoms with Crippen molar-refractivity contribution in [1.29, 1.82) is 5.26 Å². The average Bonchev–Trinajstić information content (AvgIpc) is 2.56. The van der Waals surface area contributed by atoms with Crippen molar-refractivity contribution in [1.82, 2.24) is 0 Å². The Hall–Kier alpha value is -1.29. The van der Waals surface area contributed by atoms with Crippen molar-refractivity contribution in [2.75, 3.05) is 6.26 Å². The number of aliphatic imine (C=N–C) groups is 1. The first-order chi connectivity index (χ1) is 12.3. The van der Waals surface area contributed by atoms with E-state index in [9.17, 15) is 5.26 Å². The smallest absolute Gasteiger partial charge is 0.192 e. The maximum atomic E-state index is 9.36. The highest BCUT2D eigenvalue weighted by Gasteiger charge is 2.50. The summed E-state index contributed by atoms with van der Waals surface area (Å²) in [4.78, 5) is 5.00. The molecule has 0 unspecified atom stereocenters. The SMILES string of the molecule is CSC(C)=N[C@H]1c2cc(C#N)ccc2OC(C)(C)[C@@H]1O[Si](C)(C)C(C)(C)C. The van der Waals surface area contributed by atoms with Crippen LogP contribution in [0.1, 0.15) is 58.7 Å². The Labute approximate surface area is 169 Å². The van der Waals surface area contributed by atoms with Crippen molar-refractivity contribution in [2.24, 2.45) is 4.99 Å². The van der Waals surface area contributed by atoms with E-state index >= 15 is 0 Å². The van der Waals surface area contributed by atoms with E-state index in [1.807, 2.05) is 25.3 Å². The zero-order chi connectivity index (χ0) is 20.6. The van der Waals surface area contributed by atoms with Crippen LogP contribution in [0.4, 0.5) is 0 Å². The molecule has 2 atom stereocenters. The Morgan fingerprint density at radius 3 is 2.48 bits per heavy atom. The van der Waals surface area contributed by atoms with E-state index in [0.29, 0.717) is 5.56 Å². The van der Waals surface area contributed by atoms with E-state index in [1.54, 1.807) is 17.8 Å². The summed E-state index contributed by atoms with van der Waals surface area (Å²) in [5.41, 5.74) is 1.03. The van der Waals surface area contributed by atoms with Crippen molar-refractivity contribution in [3.63, 3.8) is 0 Å². The van der Waals surface area contributed by atoms with Gasteiger partial charge in [-0.25, -0.2) is 0 Å². The number of rotatable bonds is 3. The molecule has 0 saturated heterocycles. The standard InChI is InChI=1S/C21H32N2O2SSi/c1-14(26-7)23-18-16-12-15(13-22)10-11-17(16)24-21(5,6)19(18)25-27(8,9)20(2,3)4/h10-12,18-19H,1-9H3/t18-,19+/m0/s1. The largest absolute Gasteiger partial charge is 0.485 e. The quantitative estimate of drug-likeness (QED) is 0.355. The van der Waals surface area contributed by atoms with Crippen LogP contribution < -0.4 is 4.74 Å². The molecule has 0 fully saturated rings. The molecule has 0 N–H and O–H groups in total. The Morgan fingerprint density at radius 2 is 1.96 bits per heavy atom. The summed E-state index contributed by atoms with van der Waals surface area (Å²) in [5.74, 6) is 0.789. The molecule has 148 valence electrons. The monoisotopic (exact) mass is 404 g/mol. The minimum absolute atomic E-state index is 0.0840. The molecule has 1 aromatic carbocycles. The summed E-state index contributed by atoms with van der Waals surface area (Å²) in [5, 5.41) is 10.4. The molecular weight excluding hydrogens is 372 g/mol. The van der Waals surface area contributed by atoms with Crippen LogP contribution in [0, 0.1) is 11.3 Å². The van der Waals surface area contributed by atoms with E-state index in [2.05, 4.69) is 53.8 Å². The van der Waals surface area contributed by atoms with Gasteiger partial charge in [0.05, 0.1) is 16.7 Å². The molecule has 6 heteroatoms. The van der Waals surface area contributed by atoms with Gasteiger partial charge in [0.25, 0.3) is 0 Å². The molecule has 0 saturated carbocycles. The molecule has 0 radical (unpaired) electrons. The molecule has 27 heavy (non-hydrogen) atoms. The van der Waals surface area contributed by atoms with E-state index in [-0.39, 0.29) is 17.2 Å². The summed E-state index contributed by atoms with van der Waals surface area (Å²) in [6.07, 6.45) is 1.81. The van der Waals surface area contributed by atoms with Crippen LogP contribution in [-0.2, 0) is 4.43 Å². The maximum Gasteiger partial charge on any atom is 0.192 e. The molecule has 1 aliphatic heterocycles. The molecule has 0 aromatic heterocycles. The predicted octanol–water partition coefficient (Wildman–Crippen LogP) is 5.94. The van der Waals surface area contributed by atoms with Crippen LogP contribution in [0.15, 0.2) is 23.2 Å². The van der Waals surface area contributed by atoms with Crippen molar-refractivity contribution in [2.45, 2.75) is 77.4 Å². The van der Waals surface area contributed by atoms with Crippen molar-refractivity contribution in [3.8, 4) is 11.8 Å². The molecular formula is C21H32N2O2SSi. The first kappa shape index (κ1) is 22.0. The van der Waals surface area contributed by atoms with Crippen LogP contribution in [0.5, 0.6) is 5.75 Å². The lowest BCUT2D eigenvalue weighted by molar-refractivity contribution is -0.0488. The Kier molecular flexibility index (Phi) is 6.20. The fourth-order valence-corrected chi connectivity index (χ4v) is 4.53. The number of nitrogens with zero attached hydrogens (tertiary/aromatic N) is 2. The van der Waals surface area contributed by atoms with Gasteiger partial charge in [-0.1, -0.05) is 20.8 Å². The van der Waals surface area contributed by atoms with Crippen LogP contribution in [-0.4, -0.2) is 31.3 Å². The third-order valence-corrected chi connectivity index (χ3v) is 10.8. The Morgan fingerprint density at radius 1 is 1.33 bits per heavy atom. The molecule has 2 rings (SSSR count). The highest BCUT2D eigenvalue weighted by Crippen LogP contribution is 2.47. The lowest BCUT2D eigenvalue weighted by atomic mass is 9.86. The van der Waals surface area contributed by atoms with Gasteiger partial charge in [0.1, 0.15) is 23.5 Å². The molecule has 0 amide bonds. The van der Waals surface area contributed by atoms with Gasteiger partial charge in [0.15, 0.2) is 8.32 Å². The maximum absolute atomic E-state index is 9.36. The number of thioether (sulfide) groups is 1. The number of hydrogen-bond acceptors (Lipinski definition) is 5. The fourth-order valence-electron chi connectivity index (χ4n) is 2.91. The molecule has 0 spiro atoms. The second-order valence-electron chi connectivity index (χ2n) is 9.17. The van der Waals surface area contributed by atoms with Gasteiger partial charge < -0.3 is 9.16 Å². The first-order valence-electron chi connectivity index (χ1n) is 9.31. The topological polar surface area (TPSA) is 54.6 Å². The minimum atomic E-state index is -2.05. The second-order valence-corrected chi connectivity index (χ2v) is 14.9. The highest BCUT2D eigenvalue weighted by molar-refractivity contribution is 8.13. The van der Waals surface area contributed by atoms with Gasteiger partial charge in [0, 0.05) is 5.56 Å². The van der Waals surface area contributed by atoms with Gasteiger partial charge in [-0.3, -0.25) is 4.99 Å². The Bertz CT molecular complexity index is 775. The van der Waals surface area contributed by atoms with Gasteiger partial charge in [-0.2, -0.15) is 5.26 Å². The third kappa shape index (κ3) is 4.59. The van der Waals surface area contributed by atoms with Crippen molar-refractivity contribution in [3.05, 3.63) is 29.3 Å². The molecule has 1 aliphatic rings. The van der Waals surface area contributed by atoms with Crippen molar-refractivity contribution >= 4 is 25.1 Å². The molecule has 4 nitrogen and oxygen atoms in total. The van der Waals surface area contributed by atoms with Gasteiger partial charge in [0.2, 0.25) is 0 Å². The van der Waals surface area contributed by atoms with Crippen LogP contribution in [0.3, 0.4) is 0 Å². The summed E-state index contributed by atoms with van der Waals surface area (Å²) < 4.78 is 13.2. The van der Waals surface area contributed by atoms with E-state index in [0.717, 1.165) is 16.4 Å². The minimum Gasteiger partial charge on any atom is -0.485 e.